The first kappa shape index (κ1) is 13.4. The number of allylic oxidation sites excluding steroid dienone is 1. The van der Waals surface area contributed by atoms with Gasteiger partial charge in [0, 0.05) is 0 Å². The molecule has 0 aliphatic rings. The average Bonchev–Trinajstić information content (AvgIpc) is 2.57. The van der Waals surface area contributed by atoms with Gasteiger partial charge in [0.2, 0.25) is 0 Å². The molecule has 0 aromatic heterocycles. The summed E-state index contributed by atoms with van der Waals surface area (Å²) in [4.78, 5) is 0. The second-order valence-electron chi connectivity index (χ2n) is 5.08. The molecule has 0 unspecified atom stereocenters. The van der Waals surface area contributed by atoms with Crippen molar-refractivity contribution in [3.8, 4) is 11.1 Å². The van der Waals surface area contributed by atoms with Gasteiger partial charge in [0.1, 0.15) is 0 Å². The lowest BCUT2D eigenvalue weighted by molar-refractivity contribution is 1.28. The van der Waals surface area contributed by atoms with Crippen LogP contribution in [-0.2, 0) is 6.42 Å². The standard InChI is InChI=1S/C21H18/c1-3-8-18(9-4-1)10-7-11-19-14-16-21(17-15-19)20-12-5-2-6-13-20/h1-9,11-17H,10H2/b11-7+. The lowest BCUT2D eigenvalue weighted by Gasteiger charge is -2.02. The molecule has 0 spiro atoms. The average molecular weight is 270 g/mol. The first-order chi connectivity index (χ1) is 10.4. The van der Waals surface area contributed by atoms with Crippen molar-refractivity contribution in [3.05, 3.63) is 102 Å². The molecule has 3 aromatic rings. The van der Waals surface area contributed by atoms with E-state index in [2.05, 4.69) is 91.0 Å². The summed E-state index contributed by atoms with van der Waals surface area (Å²) in [6, 6.07) is 29.7. The van der Waals surface area contributed by atoms with Crippen LogP contribution in [0.2, 0.25) is 0 Å². The van der Waals surface area contributed by atoms with E-state index in [-0.39, 0.29) is 0 Å². The molecule has 0 fully saturated rings. The van der Waals surface area contributed by atoms with Crippen LogP contribution in [-0.4, -0.2) is 0 Å². The van der Waals surface area contributed by atoms with E-state index in [0.717, 1.165) is 6.42 Å². The Morgan fingerprint density at radius 1 is 0.571 bits per heavy atom. The zero-order chi connectivity index (χ0) is 14.3. The minimum absolute atomic E-state index is 0.973. The molecule has 0 amide bonds. The molecule has 0 aliphatic heterocycles. The van der Waals surface area contributed by atoms with E-state index >= 15 is 0 Å². The monoisotopic (exact) mass is 270 g/mol. The van der Waals surface area contributed by atoms with Gasteiger partial charge in [-0.3, -0.25) is 0 Å². The van der Waals surface area contributed by atoms with Crippen LogP contribution in [0.4, 0.5) is 0 Å². The maximum absolute atomic E-state index is 2.22. The Morgan fingerprint density at radius 3 is 1.81 bits per heavy atom. The maximum atomic E-state index is 2.22. The Hall–Kier alpha value is -2.60. The van der Waals surface area contributed by atoms with Gasteiger partial charge in [-0.1, -0.05) is 97.1 Å². The molecule has 0 saturated heterocycles. The summed E-state index contributed by atoms with van der Waals surface area (Å²) in [7, 11) is 0. The van der Waals surface area contributed by atoms with Gasteiger partial charge in [0.05, 0.1) is 0 Å². The van der Waals surface area contributed by atoms with Gasteiger partial charge >= 0.3 is 0 Å². The van der Waals surface area contributed by atoms with E-state index in [4.69, 9.17) is 0 Å². The first-order valence-electron chi connectivity index (χ1n) is 7.28. The highest BCUT2D eigenvalue weighted by atomic mass is 14.0. The van der Waals surface area contributed by atoms with E-state index in [1.54, 1.807) is 0 Å². The fourth-order valence-corrected chi connectivity index (χ4v) is 2.36. The summed E-state index contributed by atoms with van der Waals surface area (Å²) >= 11 is 0. The third kappa shape index (κ3) is 3.70. The third-order valence-electron chi connectivity index (χ3n) is 3.52. The molecule has 0 heteroatoms. The van der Waals surface area contributed by atoms with Crippen LogP contribution in [0.15, 0.2) is 91.0 Å². The van der Waals surface area contributed by atoms with Crippen molar-refractivity contribution in [2.75, 3.05) is 0 Å². The molecule has 3 aromatic carbocycles. The normalized spacial score (nSPS) is 10.9. The highest BCUT2D eigenvalue weighted by Crippen LogP contribution is 2.19. The molecule has 102 valence electrons. The quantitative estimate of drug-likeness (QED) is 0.578. The van der Waals surface area contributed by atoms with Crippen LogP contribution in [0.5, 0.6) is 0 Å². The van der Waals surface area contributed by atoms with Crippen LogP contribution >= 0.6 is 0 Å². The molecule has 0 atom stereocenters. The number of hydrogen-bond acceptors (Lipinski definition) is 0. The lowest BCUT2D eigenvalue weighted by Crippen LogP contribution is -1.80. The number of hydrogen-bond donors (Lipinski definition) is 0. The predicted molar refractivity (Wildman–Crippen MR) is 91.1 cm³/mol. The number of benzene rings is 3. The van der Waals surface area contributed by atoms with Crippen molar-refractivity contribution in [3.63, 3.8) is 0 Å². The Labute approximate surface area is 126 Å². The Bertz CT molecular complexity index is 692. The van der Waals surface area contributed by atoms with Crippen LogP contribution in [0, 0.1) is 0 Å². The van der Waals surface area contributed by atoms with Crippen LogP contribution in [0.25, 0.3) is 17.2 Å². The van der Waals surface area contributed by atoms with E-state index in [1.165, 1.54) is 22.3 Å². The molecular formula is C21H18. The van der Waals surface area contributed by atoms with Crippen LogP contribution in [0.1, 0.15) is 11.1 Å². The van der Waals surface area contributed by atoms with Gasteiger partial charge in [-0.2, -0.15) is 0 Å². The fraction of sp³-hybridized carbons (Fsp3) is 0.0476. The van der Waals surface area contributed by atoms with Crippen LogP contribution < -0.4 is 0 Å². The Balaban J connectivity index is 1.67. The highest BCUT2D eigenvalue weighted by molar-refractivity contribution is 5.65. The number of rotatable bonds is 4. The summed E-state index contributed by atoms with van der Waals surface area (Å²) in [6.45, 7) is 0. The predicted octanol–water partition coefficient (Wildman–Crippen LogP) is 5.61. The highest BCUT2D eigenvalue weighted by Gasteiger charge is 1.95. The largest absolute Gasteiger partial charge is 0.0795 e. The summed E-state index contributed by atoms with van der Waals surface area (Å²) in [6.07, 6.45) is 5.37. The molecule has 0 radical (unpaired) electrons. The van der Waals surface area contributed by atoms with E-state index < -0.39 is 0 Å². The fourth-order valence-electron chi connectivity index (χ4n) is 2.36. The summed E-state index contributed by atoms with van der Waals surface area (Å²) in [5.41, 5.74) is 5.10. The summed E-state index contributed by atoms with van der Waals surface area (Å²) in [5, 5.41) is 0. The zero-order valence-corrected chi connectivity index (χ0v) is 11.9. The SMILES string of the molecule is C(=C\c1ccc(-c2ccccc2)cc1)/Cc1ccccc1. The minimum Gasteiger partial charge on any atom is -0.0795 e. The third-order valence-corrected chi connectivity index (χ3v) is 3.52. The van der Waals surface area contributed by atoms with Gasteiger partial charge < -0.3 is 0 Å². The van der Waals surface area contributed by atoms with E-state index in [0.29, 0.717) is 0 Å². The molecular weight excluding hydrogens is 252 g/mol. The molecule has 3 rings (SSSR count). The van der Waals surface area contributed by atoms with Crippen LogP contribution in [0.3, 0.4) is 0 Å². The first-order valence-corrected chi connectivity index (χ1v) is 7.28. The summed E-state index contributed by atoms with van der Waals surface area (Å²) < 4.78 is 0. The molecule has 0 aliphatic carbocycles. The van der Waals surface area contributed by atoms with Crippen molar-refractivity contribution in [2.45, 2.75) is 6.42 Å². The zero-order valence-electron chi connectivity index (χ0n) is 11.9. The van der Waals surface area contributed by atoms with E-state index in [9.17, 15) is 0 Å². The van der Waals surface area contributed by atoms with Gasteiger partial charge in [-0.05, 0) is 28.7 Å². The Morgan fingerprint density at radius 2 is 1.14 bits per heavy atom. The molecule has 0 N–H and O–H groups in total. The van der Waals surface area contributed by atoms with Gasteiger partial charge in [-0.15, -0.1) is 0 Å². The van der Waals surface area contributed by atoms with Gasteiger partial charge in [0.25, 0.3) is 0 Å². The van der Waals surface area contributed by atoms with E-state index in [1.807, 2.05) is 6.07 Å². The van der Waals surface area contributed by atoms with Crippen molar-refractivity contribution in [1.29, 1.82) is 0 Å². The van der Waals surface area contributed by atoms with Crippen molar-refractivity contribution in [1.82, 2.24) is 0 Å². The second kappa shape index (κ2) is 6.71. The second-order valence-corrected chi connectivity index (χ2v) is 5.08. The molecule has 21 heavy (non-hydrogen) atoms. The molecule has 0 saturated carbocycles. The smallest absolute Gasteiger partial charge is 0.00941 e. The Kier molecular flexibility index (Phi) is 4.28. The lowest BCUT2D eigenvalue weighted by atomic mass is 10.0. The van der Waals surface area contributed by atoms with Crippen molar-refractivity contribution < 1.29 is 0 Å². The van der Waals surface area contributed by atoms with Gasteiger partial charge in [0.15, 0.2) is 0 Å². The topological polar surface area (TPSA) is 0 Å². The molecule has 0 nitrogen and oxygen atoms in total. The van der Waals surface area contributed by atoms with Gasteiger partial charge in [-0.25, -0.2) is 0 Å². The summed E-state index contributed by atoms with van der Waals surface area (Å²) in [5.74, 6) is 0. The van der Waals surface area contributed by atoms with Crippen molar-refractivity contribution in [2.24, 2.45) is 0 Å². The maximum Gasteiger partial charge on any atom is -0.00941 e. The molecule has 0 bridgehead atoms. The van der Waals surface area contributed by atoms with Crippen molar-refractivity contribution >= 4 is 6.08 Å². The molecule has 0 heterocycles. The minimum atomic E-state index is 0.973.